The summed E-state index contributed by atoms with van der Waals surface area (Å²) in [6.45, 7) is 0. The first kappa shape index (κ1) is 8.63. The molecule has 0 spiro atoms. The van der Waals surface area contributed by atoms with Gasteiger partial charge in [0.25, 0.3) is 0 Å². The molecule has 4 nitrogen and oxygen atoms in total. The Morgan fingerprint density at radius 1 is 1.64 bits per heavy atom. The van der Waals surface area contributed by atoms with Gasteiger partial charge < -0.3 is 0 Å². The standard InChI is InChI=1S/C9H7FN4/c10-7-1-3-9(5-11,4-2-7)8-12-6-13-14-8/h1-3,6H,4H2,(H,12,13,14). The number of aromatic amines is 1. The van der Waals surface area contributed by atoms with E-state index in [0.29, 0.717) is 5.82 Å². The average Bonchev–Trinajstić information content (AvgIpc) is 2.73. The zero-order valence-corrected chi connectivity index (χ0v) is 7.24. The van der Waals surface area contributed by atoms with Crippen molar-refractivity contribution in [3.8, 4) is 6.07 Å². The second kappa shape index (κ2) is 3.07. The summed E-state index contributed by atoms with van der Waals surface area (Å²) >= 11 is 0. The molecule has 14 heavy (non-hydrogen) atoms. The molecule has 0 aromatic carbocycles. The quantitative estimate of drug-likeness (QED) is 0.727. The van der Waals surface area contributed by atoms with Crippen LogP contribution in [0.2, 0.25) is 0 Å². The number of nitrogens with one attached hydrogen (secondary N) is 1. The summed E-state index contributed by atoms with van der Waals surface area (Å²) in [6, 6.07) is 2.11. The fourth-order valence-electron chi connectivity index (χ4n) is 1.35. The average molecular weight is 190 g/mol. The van der Waals surface area contributed by atoms with E-state index in [0.717, 1.165) is 0 Å². The Balaban J connectivity index is 2.41. The third-order valence-electron chi connectivity index (χ3n) is 2.18. The number of nitriles is 1. The SMILES string of the molecule is N#CC1(c2ncn[nH]2)C=CC(F)=CC1. The molecule has 0 aliphatic heterocycles. The molecule has 1 atom stereocenters. The summed E-state index contributed by atoms with van der Waals surface area (Å²) in [5.74, 6) is 0.121. The van der Waals surface area contributed by atoms with E-state index in [4.69, 9.17) is 5.26 Å². The van der Waals surface area contributed by atoms with Crippen molar-refractivity contribution in [2.24, 2.45) is 0 Å². The lowest BCUT2D eigenvalue weighted by Gasteiger charge is -2.20. The lowest BCUT2D eigenvalue weighted by molar-refractivity contribution is 0.591. The predicted octanol–water partition coefficient (Wildman–Crippen LogP) is 1.38. The minimum absolute atomic E-state index is 0.279. The molecular formula is C9H7FN4. The van der Waals surface area contributed by atoms with Gasteiger partial charge in [0.2, 0.25) is 0 Å². The van der Waals surface area contributed by atoms with Crippen LogP contribution in [-0.2, 0) is 5.41 Å². The minimum atomic E-state index is -0.897. The zero-order chi connectivity index (χ0) is 10.0. The molecule has 0 amide bonds. The third kappa shape index (κ3) is 1.21. The van der Waals surface area contributed by atoms with E-state index < -0.39 is 5.41 Å². The Bertz CT molecular complexity index is 426. The first-order valence-corrected chi connectivity index (χ1v) is 4.09. The molecule has 2 rings (SSSR count). The number of hydrogen-bond donors (Lipinski definition) is 1. The maximum atomic E-state index is 12.7. The maximum absolute atomic E-state index is 12.7. The van der Waals surface area contributed by atoms with Crippen molar-refractivity contribution in [3.63, 3.8) is 0 Å². The van der Waals surface area contributed by atoms with Crippen LogP contribution in [0.5, 0.6) is 0 Å². The zero-order valence-electron chi connectivity index (χ0n) is 7.24. The van der Waals surface area contributed by atoms with Gasteiger partial charge in [-0.2, -0.15) is 10.4 Å². The normalized spacial score (nSPS) is 25.6. The van der Waals surface area contributed by atoms with Gasteiger partial charge in [-0.25, -0.2) is 9.37 Å². The van der Waals surface area contributed by atoms with Gasteiger partial charge in [-0.15, -0.1) is 0 Å². The number of aromatic nitrogens is 3. The Labute approximate surface area is 79.8 Å². The van der Waals surface area contributed by atoms with Gasteiger partial charge in [0.1, 0.15) is 23.4 Å². The van der Waals surface area contributed by atoms with Crippen molar-refractivity contribution >= 4 is 0 Å². The molecule has 1 aromatic heterocycles. The number of hydrogen-bond acceptors (Lipinski definition) is 3. The Hall–Kier alpha value is -1.96. The van der Waals surface area contributed by atoms with Crippen molar-refractivity contribution in [1.82, 2.24) is 15.2 Å². The molecule has 0 fully saturated rings. The summed E-state index contributed by atoms with van der Waals surface area (Å²) in [5.41, 5.74) is -0.897. The van der Waals surface area contributed by atoms with Gasteiger partial charge in [-0.1, -0.05) is 6.08 Å². The van der Waals surface area contributed by atoms with E-state index in [-0.39, 0.29) is 12.2 Å². The van der Waals surface area contributed by atoms with E-state index in [2.05, 4.69) is 21.3 Å². The van der Waals surface area contributed by atoms with Crippen LogP contribution < -0.4 is 0 Å². The predicted molar refractivity (Wildman–Crippen MR) is 46.6 cm³/mol. The van der Waals surface area contributed by atoms with Crippen LogP contribution in [0.25, 0.3) is 0 Å². The van der Waals surface area contributed by atoms with E-state index in [1.54, 1.807) is 0 Å². The van der Waals surface area contributed by atoms with Crippen molar-refractivity contribution < 1.29 is 4.39 Å². The molecule has 5 heteroatoms. The molecule has 0 radical (unpaired) electrons. The Morgan fingerprint density at radius 3 is 3.00 bits per heavy atom. The molecule has 1 N–H and O–H groups in total. The van der Waals surface area contributed by atoms with E-state index in [1.807, 2.05) is 0 Å². The highest BCUT2D eigenvalue weighted by molar-refractivity contribution is 5.37. The van der Waals surface area contributed by atoms with Crippen LogP contribution in [-0.4, -0.2) is 15.2 Å². The van der Waals surface area contributed by atoms with E-state index >= 15 is 0 Å². The first-order chi connectivity index (χ1) is 6.77. The molecule has 0 saturated heterocycles. The fourth-order valence-corrected chi connectivity index (χ4v) is 1.35. The first-order valence-electron chi connectivity index (χ1n) is 4.09. The van der Waals surface area contributed by atoms with E-state index in [9.17, 15) is 4.39 Å². The fraction of sp³-hybridized carbons (Fsp3) is 0.222. The summed E-state index contributed by atoms with van der Waals surface area (Å²) in [4.78, 5) is 3.92. The molecule has 1 aromatic rings. The van der Waals surface area contributed by atoms with Gasteiger partial charge in [0, 0.05) is 0 Å². The second-order valence-corrected chi connectivity index (χ2v) is 3.04. The summed E-state index contributed by atoms with van der Waals surface area (Å²) < 4.78 is 12.7. The Kier molecular flexibility index (Phi) is 1.89. The van der Waals surface area contributed by atoms with Crippen LogP contribution in [0.4, 0.5) is 4.39 Å². The van der Waals surface area contributed by atoms with E-state index in [1.165, 1.54) is 24.6 Å². The summed E-state index contributed by atoms with van der Waals surface area (Å²) in [6.07, 6.45) is 5.75. The molecular weight excluding hydrogens is 183 g/mol. The minimum Gasteiger partial charge on any atom is -0.262 e. The van der Waals surface area contributed by atoms with Gasteiger partial charge in [-0.3, -0.25) is 5.10 Å². The highest BCUT2D eigenvalue weighted by atomic mass is 19.1. The van der Waals surface area contributed by atoms with Crippen LogP contribution in [0.15, 0.2) is 30.4 Å². The molecule has 1 heterocycles. The van der Waals surface area contributed by atoms with Crippen LogP contribution in [0, 0.1) is 11.3 Å². The van der Waals surface area contributed by atoms with Crippen LogP contribution in [0.1, 0.15) is 12.2 Å². The number of allylic oxidation sites excluding steroid dienone is 4. The third-order valence-corrected chi connectivity index (χ3v) is 2.18. The monoisotopic (exact) mass is 190 g/mol. The molecule has 1 unspecified atom stereocenters. The smallest absolute Gasteiger partial charge is 0.148 e. The van der Waals surface area contributed by atoms with Crippen LogP contribution >= 0.6 is 0 Å². The molecule has 0 saturated carbocycles. The van der Waals surface area contributed by atoms with Crippen LogP contribution in [0.3, 0.4) is 0 Å². The van der Waals surface area contributed by atoms with Gasteiger partial charge in [-0.05, 0) is 18.6 Å². The maximum Gasteiger partial charge on any atom is 0.148 e. The summed E-state index contributed by atoms with van der Waals surface area (Å²) in [5, 5.41) is 15.4. The highest BCUT2D eigenvalue weighted by Gasteiger charge is 2.33. The summed E-state index contributed by atoms with van der Waals surface area (Å²) in [7, 11) is 0. The topological polar surface area (TPSA) is 65.4 Å². The number of halogens is 1. The van der Waals surface area contributed by atoms with Crippen molar-refractivity contribution in [3.05, 3.63) is 36.2 Å². The molecule has 70 valence electrons. The van der Waals surface area contributed by atoms with Gasteiger partial charge in [0.15, 0.2) is 0 Å². The van der Waals surface area contributed by atoms with Crippen molar-refractivity contribution in [1.29, 1.82) is 5.26 Å². The highest BCUT2D eigenvalue weighted by Crippen LogP contribution is 2.31. The Morgan fingerprint density at radius 2 is 2.50 bits per heavy atom. The number of nitrogens with zero attached hydrogens (tertiary/aromatic N) is 3. The number of rotatable bonds is 1. The second-order valence-electron chi connectivity index (χ2n) is 3.04. The number of H-pyrrole nitrogens is 1. The van der Waals surface area contributed by atoms with Gasteiger partial charge in [0.05, 0.1) is 6.07 Å². The largest absolute Gasteiger partial charge is 0.262 e. The molecule has 0 bridgehead atoms. The molecule has 1 aliphatic carbocycles. The van der Waals surface area contributed by atoms with Crippen molar-refractivity contribution in [2.45, 2.75) is 11.8 Å². The van der Waals surface area contributed by atoms with Gasteiger partial charge >= 0.3 is 0 Å². The lowest BCUT2D eigenvalue weighted by atomic mass is 9.82. The lowest BCUT2D eigenvalue weighted by Crippen LogP contribution is -2.24. The van der Waals surface area contributed by atoms with Crippen molar-refractivity contribution in [2.75, 3.05) is 0 Å². The molecule has 1 aliphatic rings.